The molecule has 1 saturated carbocycles. The second kappa shape index (κ2) is 4.88. The van der Waals surface area contributed by atoms with Crippen LogP contribution in [-0.4, -0.2) is 34.5 Å². The third-order valence-corrected chi connectivity index (χ3v) is 2.82. The van der Waals surface area contributed by atoms with Gasteiger partial charge in [0.25, 0.3) is 5.91 Å². The van der Waals surface area contributed by atoms with Crippen LogP contribution in [0.5, 0.6) is 0 Å². The molecule has 1 aromatic carbocycles. The Morgan fingerprint density at radius 3 is 2.39 bits per heavy atom. The fraction of sp³-hybridized carbons (Fsp3) is 0.308. The summed E-state index contributed by atoms with van der Waals surface area (Å²) in [4.78, 5) is 24.3. The Kier molecular flexibility index (Phi) is 3.28. The monoisotopic (exact) mass is 244 g/mol. The van der Waals surface area contributed by atoms with Gasteiger partial charge in [0.1, 0.15) is 6.54 Å². The molecule has 2 rings (SSSR count). The molecule has 0 radical (unpaired) electrons. The molecule has 0 aliphatic heterocycles. The molecule has 1 aliphatic carbocycles. The van der Waals surface area contributed by atoms with E-state index in [9.17, 15) is 9.59 Å². The van der Waals surface area contributed by atoms with Gasteiger partial charge in [-0.2, -0.15) is 5.26 Å². The maximum absolute atomic E-state index is 12.1. The minimum atomic E-state index is -1.01. The second-order valence-corrected chi connectivity index (χ2v) is 4.25. The number of carbonyl (C=O) groups excluding carboxylic acids is 1. The first-order valence-electron chi connectivity index (χ1n) is 5.64. The van der Waals surface area contributed by atoms with Crippen molar-refractivity contribution in [2.24, 2.45) is 0 Å². The third-order valence-electron chi connectivity index (χ3n) is 2.82. The Hall–Kier alpha value is -2.35. The molecule has 1 amide bonds. The standard InChI is InChI=1S/C13H12N2O3/c14-7-9-1-3-10(4-2-9)13(18)15(8-12(16)17)11-5-6-11/h1-4,11H,5-6,8H2,(H,16,17). The Morgan fingerprint density at radius 1 is 1.33 bits per heavy atom. The van der Waals surface area contributed by atoms with Crippen LogP contribution in [0.15, 0.2) is 24.3 Å². The third kappa shape index (κ3) is 2.66. The van der Waals surface area contributed by atoms with Crippen molar-refractivity contribution in [3.05, 3.63) is 35.4 Å². The quantitative estimate of drug-likeness (QED) is 0.864. The number of benzene rings is 1. The SMILES string of the molecule is N#Cc1ccc(C(=O)N(CC(=O)O)C2CC2)cc1. The van der Waals surface area contributed by atoms with Crippen molar-refractivity contribution in [3.8, 4) is 6.07 Å². The minimum Gasteiger partial charge on any atom is -0.480 e. The number of hydrogen-bond donors (Lipinski definition) is 1. The molecule has 0 heterocycles. The molecule has 0 spiro atoms. The Labute approximate surface area is 104 Å². The highest BCUT2D eigenvalue weighted by atomic mass is 16.4. The molecule has 1 aliphatic rings. The lowest BCUT2D eigenvalue weighted by Gasteiger charge is -2.20. The van der Waals surface area contributed by atoms with Crippen LogP contribution in [-0.2, 0) is 4.79 Å². The zero-order valence-corrected chi connectivity index (χ0v) is 9.67. The van der Waals surface area contributed by atoms with Gasteiger partial charge in [-0.25, -0.2) is 0 Å². The summed E-state index contributed by atoms with van der Waals surface area (Å²) in [5.74, 6) is -1.30. The van der Waals surface area contributed by atoms with Crippen LogP contribution in [0.1, 0.15) is 28.8 Å². The van der Waals surface area contributed by atoms with Crippen LogP contribution in [0.25, 0.3) is 0 Å². The van der Waals surface area contributed by atoms with Gasteiger partial charge in [0, 0.05) is 11.6 Å². The summed E-state index contributed by atoms with van der Waals surface area (Å²) in [7, 11) is 0. The highest BCUT2D eigenvalue weighted by Crippen LogP contribution is 2.28. The number of carboxylic acid groups (broad SMARTS) is 1. The number of amides is 1. The first-order valence-corrected chi connectivity index (χ1v) is 5.64. The summed E-state index contributed by atoms with van der Waals surface area (Å²) >= 11 is 0. The van der Waals surface area contributed by atoms with E-state index >= 15 is 0 Å². The summed E-state index contributed by atoms with van der Waals surface area (Å²) in [6.07, 6.45) is 1.71. The van der Waals surface area contributed by atoms with Gasteiger partial charge in [0.15, 0.2) is 0 Å². The maximum atomic E-state index is 12.1. The molecule has 0 bridgehead atoms. The average molecular weight is 244 g/mol. The molecule has 1 aromatic rings. The lowest BCUT2D eigenvalue weighted by atomic mass is 10.1. The minimum absolute atomic E-state index is 0.0456. The largest absolute Gasteiger partial charge is 0.480 e. The van der Waals surface area contributed by atoms with Gasteiger partial charge in [0.05, 0.1) is 11.6 Å². The normalized spacial score (nSPS) is 13.7. The van der Waals surface area contributed by atoms with Crippen LogP contribution in [0.4, 0.5) is 0 Å². The summed E-state index contributed by atoms with van der Waals surface area (Å²) in [6, 6.07) is 8.23. The van der Waals surface area contributed by atoms with E-state index in [-0.39, 0.29) is 18.5 Å². The Bertz CT molecular complexity index is 512. The Morgan fingerprint density at radius 2 is 1.94 bits per heavy atom. The molecule has 18 heavy (non-hydrogen) atoms. The molecule has 0 saturated heterocycles. The first kappa shape index (κ1) is 12.1. The van der Waals surface area contributed by atoms with Crippen molar-refractivity contribution in [2.75, 3.05) is 6.54 Å². The molecule has 1 N–H and O–H groups in total. The number of nitrogens with zero attached hydrogens (tertiary/aromatic N) is 2. The molecule has 92 valence electrons. The smallest absolute Gasteiger partial charge is 0.323 e. The summed E-state index contributed by atoms with van der Waals surface area (Å²) < 4.78 is 0. The van der Waals surface area contributed by atoms with Gasteiger partial charge in [0.2, 0.25) is 0 Å². The van der Waals surface area contributed by atoms with Crippen molar-refractivity contribution in [3.63, 3.8) is 0 Å². The fourth-order valence-electron chi connectivity index (χ4n) is 1.75. The number of carboxylic acids is 1. The molecule has 0 aromatic heterocycles. The number of aliphatic carboxylic acids is 1. The first-order chi connectivity index (χ1) is 8.61. The zero-order chi connectivity index (χ0) is 13.1. The van der Waals surface area contributed by atoms with E-state index in [2.05, 4.69) is 0 Å². The van der Waals surface area contributed by atoms with E-state index in [1.54, 1.807) is 24.3 Å². The summed E-state index contributed by atoms with van der Waals surface area (Å²) in [5.41, 5.74) is 0.893. The summed E-state index contributed by atoms with van der Waals surface area (Å²) in [6.45, 7) is -0.274. The van der Waals surface area contributed by atoms with E-state index < -0.39 is 5.97 Å². The van der Waals surface area contributed by atoms with E-state index in [0.29, 0.717) is 11.1 Å². The van der Waals surface area contributed by atoms with Crippen molar-refractivity contribution in [2.45, 2.75) is 18.9 Å². The van der Waals surface area contributed by atoms with Crippen LogP contribution >= 0.6 is 0 Å². The molecule has 5 heteroatoms. The van der Waals surface area contributed by atoms with Gasteiger partial charge in [-0.15, -0.1) is 0 Å². The van der Waals surface area contributed by atoms with E-state index in [1.807, 2.05) is 6.07 Å². The zero-order valence-electron chi connectivity index (χ0n) is 9.67. The van der Waals surface area contributed by atoms with E-state index in [1.165, 1.54) is 4.90 Å². The van der Waals surface area contributed by atoms with Crippen molar-refractivity contribution in [1.82, 2.24) is 4.90 Å². The number of rotatable bonds is 4. The lowest BCUT2D eigenvalue weighted by Crippen LogP contribution is -2.37. The lowest BCUT2D eigenvalue weighted by molar-refractivity contribution is -0.137. The fourth-order valence-corrected chi connectivity index (χ4v) is 1.75. The number of nitriles is 1. The topological polar surface area (TPSA) is 81.4 Å². The number of hydrogen-bond acceptors (Lipinski definition) is 3. The molecule has 0 atom stereocenters. The summed E-state index contributed by atoms with van der Waals surface area (Å²) in [5, 5.41) is 17.5. The average Bonchev–Trinajstić information content (AvgIpc) is 3.19. The van der Waals surface area contributed by atoms with Crippen LogP contribution in [0, 0.1) is 11.3 Å². The highest BCUT2D eigenvalue weighted by Gasteiger charge is 2.34. The second-order valence-electron chi connectivity index (χ2n) is 4.25. The van der Waals surface area contributed by atoms with Crippen LogP contribution in [0.2, 0.25) is 0 Å². The van der Waals surface area contributed by atoms with Gasteiger partial charge in [-0.1, -0.05) is 0 Å². The van der Waals surface area contributed by atoms with Gasteiger partial charge >= 0.3 is 5.97 Å². The van der Waals surface area contributed by atoms with Crippen LogP contribution < -0.4 is 0 Å². The molecule has 1 fully saturated rings. The van der Waals surface area contributed by atoms with E-state index in [0.717, 1.165) is 12.8 Å². The van der Waals surface area contributed by atoms with Crippen LogP contribution in [0.3, 0.4) is 0 Å². The predicted molar refractivity (Wildman–Crippen MR) is 62.9 cm³/mol. The van der Waals surface area contributed by atoms with E-state index in [4.69, 9.17) is 10.4 Å². The maximum Gasteiger partial charge on any atom is 0.323 e. The van der Waals surface area contributed by atoms with Gasteiger partial charge < -0.3 is 10.0 Å². The molecular weight excluding hydrogens is 232 g/mol. The molecular formula is C13H12N2O3. The molecule has 5 nitrogen and oxygen atoms in total. The predicted octanol–water partition coefficient (Wildman–Crippen LogP) is 1.25. The molecule has 0 unspecified atom stereocenters. The highest BCUT2D eigenvalue weighted by molar-refractivity contribution is 5.96. The van der Waals surface area contributed by atoms with Crippen molar-refractivity contribution in [1.29, 1.82) is 5.26 Å². The van der Waals surface area contributed by atoms with Crippen molar-refractivity contribution < 1.29 is 14.7 Å². The Balaban J connectivity index is 2.16. The number of carbonyl (C=O) groups is 2. The van der Waals surface area contributed by atoms with Gasteiger partial charge in [-0.3, -0.25) is 9.59 Å². The van der Waals surface area contributed by atoms with Crippen molar-refractivity contribution >= 4 is 11.9 Å². The van der Waals surface area contributed by atoms with Gasteiger partial charge in [-0.05, 0) is 37.1 Å².